The number of H-pyrrole nitrogens is 1. The lowest BCUT2D eigenvalue weighted by Crippen LogP contribution is -2.28. The predicted octanol–water partition coefficient (Wildman–Crippen LogP) is 4.79. The molecule has 5 rings (SSSR count). The van der Waals surface area contributed by atoms with Crippen molar-refractivity contribution in [1.82, 2.24) is 30.3 Å². The number of hydrogen-bond acceptors (Lipinski definition) is 4. The van der Waals surface area contributed by atoms with E-state index in [9.17, 15) is 4.79 Å². The van der Waals surface area contributed by atoms with Crippen molar-refractivity contribution in [3.05, 3.63) is 82.5 Å². The molecule has 1 amide bonds. The summed E-state index contributed by atoms with van der Waals surface area (Å²) in [6.07, 6.45) is 3.86. The third-order valence-electron chi connectivity index (χ3n) is 5.39. The number of hydrogen-bond donors (Lipinski definition) is 2. The number of aromatic nitrogens is 5. The van der Waals surface area contributed by atoms with Gasteiger partial charge in [0, 0.05) is 10.4 Å². The predicted molar refractivity (Wildman–Crippen MR) is 121 cm³/mol. The molecule has 4 aromatic rings. The van der Waals surface area contributed by atoms with Crippen LogP contribution in [0.3, 0.4) is 0 Å². The Balaban J connectivity index is 1.37. The van der Waals surface area contributed by atoms with Gasteiger partial charge in [-0.25, -0.2) is 9.67 Å². The van der Waals surface area contributed by atoms with Gasteiger partial charge in [0.05, 0.1) is 29.3 Å². The third-order valence-corrected chi connectivity index (χ3v) is 5.92. The summed E-state index contributed by atoms with van der Waals surface area (Å²) in [6.45, 7) is 1.90. The molecule has 1 aliphatic rings. The van der Waals surface area contributed by atoms with E-state index < -0.39 is 0 Å². The summed E-state index contributed by atoms with van der Waals surface area (Å²) in [5, 5.41) is 11.5. The number of carbonyl (C=O) groups excluding carboxylic acids is 1. The van der Waals surface area contributed by atoms with Crippen LogP contribution in [-0.4, -0.2) is 30.9 Å². The number of rotatable bonds is 6. The molecule has 1 unspecified atom stereocenters. The zero-order chi connectivity index (χ0) is 21.4. The fourth-order valence-corrected chi connectivity index (χ4v) is 3.87. The first-order valence-electron chi connectivity index (χ1n) is 10.2. The highest BCUT2D eigenvalue weighted by atomic mass is 79.9. The Morgan fingerprint density at radius 2 is 1.90 bits per heavy atom. The summed E-state index contributed by atoms with van der Waals surface area (Å²) < 4.78 is 2.77. The topological polar surface area (TPSA) is 88.5 Å². The van der Waals surface area contributed by atoms with Crippen LogP contribution in [0.25, 0.3) is 16.9 Å². The van der Waals surface area contributed by atoms with E-state index in [4.69, 9.17) is 0 Å². The minimum absolute atomic E-state index is 0.240. The fourth-order valence-electron chi connectivity index (χ4n) is 3.60. The Morgan fingerprint density at radius 1 is 1.16 bits per heavy atom. The van der Waals surface area contributed by atoms with Crippen molar-refractivity contribution in [3.63, 3.8) is 0 Å². The molecule has 7 nitrogen and oxygen atoms in total. The summed E-state index contributed by atoms with van der Waals surface area (Å²) in [6, 6.07) is 17.5. The smallest absolute Gasteiger partial charge is 0.274 e. The lowest BCUT2D eigenvalue weighted by Gasteiger charge is -2.12. The largest absolute Gasteiger partial charge is 0.341 e. The fraction of sp³-hybridized carbons (Fsp3) is 0.217. The van der Waals surface area contributed by atoms with Gasteiger partial charge in [0.25, 0.3) is 5.91 Å². The molecule has 31 heavy (non-hydrogen) atoms. The molecule has 1 aliphatic carbocycles. The Bertz CT molecular complexity index is 1210. The second kappa shape index (κ2) is 8.11. The highest BCUT2D eigenvalue weighted by Gasteiger charge is 2.34. The first-order valence-corrected chi connectivity index (χ1v) is 11.0. The minimum Gasteiger partial charge on any atom is -0.341 e. The maximum absolute atomic E-state index is 13.1. The van der Waals surface area contributed by atoms with Crippen LogP contribution in [0, 0.1) is 0 Å². The van der Waals surface area contributed by atoms with Crippen LogP contribution < -0.4 is 5.32 Å². The van der Waals surface area contributed by atoms with Gasteiger partial charge in [0.15, 0.2) is 5.69 Å². The SMILES string of the molecule is CC(NC(=O)c1nnn(-c2ccc(Br)cc2)c1C1CC1)c1ncc(-c2ccccc2)[nH]1. The average molecular weight is 477 g/mol. The number of carbonyl (C=O) groups is 1. The van der Waals surface area contributed by atoms with Gasteiger partial charge in [-0.05, 0) is 49.6 Å². The number of imidazole rings is 1. The molecule has 8 heteroatoms. The third kappa shape index (κ3) is 4.03. The molecule has 0 aliphatic heterocycles. The van der Waals surface area contributed by atoms with E-state index >= 15 is 0 Å². The molecule has 2 heterocycles. The standard InChI is InChI=1S/C23H21BrN6O/c1-14(22-25-13-19(27-22)15-5-3-2-4-6-15)26-23(31)20-21(16-7-8-16)30(29-28-20)18-11-9-17(24)10-12-18/h2-6,9-14,16H,7-8H2,1H3,(H,25,27)(H,26,31). The van der Waals surface area contributed by atoms with Gasteiger partial charge >= 0.3 is 0 Å². The molecular formula is C23H21BrN6O. The van der Waals surface area contributed by atoms with E-state index in [1.165, 1.54) is 0 Å². The van der Waals surface area contributed by atoms with Crippen LogP contribution in [0.5, 0.6) is 0 Å². The summed E-state index contributed by atoms with van der Waals surface area (Å²) in [7, 11) is 0. The Hall–Kier alpha value is -3.26. The first kappa shape index (κ1) is 19.7. The molecule has 1 fully saturated rings. The van der Waals surface area contributed by atoms with E-state index in [2.05, 4.69) is 41.5 Å². The number of aromatic amines is 1. The molecule has 1 atom stereocenters. The summed E-state index contributed by atoms with van der Waals surface area (Å²) >= 11 is 3.45. The summed E-state index contributed by atoms with van der Waals surface area (Å²) in [5.74, 6) is 0.763. The molecule has 2 aromatic carbocycles. The molecule has 0 saturated heterocycles. The van der Waals surface area contributed by atoms with Crippen molar-refractivity contribution >= 4 is 21.8 Å². The monoisotopic (exact) mass is 476 g/mol. The van der Waals surface area contributed by atoms with Gasteiger partial charge < -0.3 is 10.3 Å². The molecule has 0 spiro atoms. The normalized spacial score (nSPS) is 14.4. The Morgan fingerprint density at radius 3 is 2.61 bits per heavy atom. The van der Waals surface area contributed by atoms with E-state index in [0.717, 1.165) is 40.0 Å². The van der Waals surface area contributed by atoms with Gasteiger partial charge in [-0.1, -0.05) is 51.5 Å². The average Bonchev–Trinajstić information content (AvgIpc) is 3.33. The Labute approximate surface area is 188 Å². The highest BCUT2D eigenvalue weighted by Crippen LogP contribution is 2.42. The van der Waals surface area contributed by atoms with Gasteiger partial charge in [-0.2, -0.15) is 0 Å². The van der Waals surface area contributed by atoms with Crippen molar-refractivity contribution in [1.29, 1.82) is 0 Å². The van der Waals surface area contributed by atoms with Crippen molar-refractivity contribution in [2.75, 3.05) is 0 Å². The van der Waals surface area contributed by atoms with Gasteiger partial charge in [0.1, 0.15) is 5.82 Å². The van der Waals surface area contributed by atoms with Crippen LogP contribution >= 0.6 is 15.9 Å². The molecule has 2 N–H and O–H groups in total. The maximum atomic E-state index is 13.1. The van der Waals surface area contributed by atoms with Gasteiger partial charge in [-0.15, -0.1) is 5.10 Å². The number of nitrogens with zero attached hydrogens (tertiary/aromatic N) is 4. The number of benzene rings is 2. The summed E-state index contributed by atoms with van der Waals surface area (Å²) in [5.41, 5.74) is 4.11. The van der Waals surface area contributed by atoms with E-state index in [1.807, 2.05) is 61.5 Å². The molecule has 2 aromatic heterocycles. The lowest BCUT2D eigenvalue weighted by atomic mass is 10.2. The van der Waals surface area contributed by atoms with Crippen LogP contribution in [-0.2, 0) is 0 Å². The zero-order valence-electron chi connectivity index (χ0n) is 16.9. The molecule has 0 radical (unpaired) electrons. The van der Waals surface area contributed by atoms with Crippen molar-refractivity contribution in [3.8, 4) is 16.9 Å². The molecule has 156 valence electrons. The zero-order valence-corrected chi connectivity index (χ0v) is 18.5. The van der Waals surface area contributed by atoms with Crippen LogP contribution in [0.4, 0.5) is 0 Å². The second-order valence-electron chi connectivity index (χ2n) is 7.73. The number of halogens is 1. The van der Waals surface area contributed by atoms with Crippen molar-refractivity contribution in [2.24, 2.45) is 0 Å². The van der Waals surface area contributed by atoms with E-state index in [-0.39, 0.29) is 11.9 Å². The first-order chi connectivity index (χ1) is 15.1. The van der Waals surface area contributed by atoms with Crippen molar-refractivity contribution in [2.45, 2.75) is 31.7 Å². The lowest BCUT2D eigenvalue weighted by molar-refractivity contribution is 0.0932. The highest BCUT2D eigenvalue weighted by molar-refractivity contribution is 9.10. The minimum atomic E-state index is -0.296. The maximum Gasteiger partial charge on any atom is 0.274 e. The quantitative estimate of drug-likeness (QED) is 0.418. The summed E-state index contributed by atoms with van der Waals surface area (Å²) in [4.78, 5) is 20.8. The van der Waals surface area contributed by atoms with Crippen LogP contribution in [0.15, 0.2) is 65.3 Å². The molecule has 1 saturated carbocycles. The number of nitrogens with one attached hydrogen (secondary N) is 2. The van der Waals surface area contributed by atoms with Crippen molar-refractivity contribution < 1.29 is 4.79 Å². The molecular weight excluding hydrogens is 456 g/mol. The molecule has 0 bridgehead atoms. The number of amides is 1. The second-order valence-corrected chi connectivity index (χ2v) is 8.64. The van der Waals surface area contributed by atoms with Crippen LogP contribution in [0.2, 0.25) is 0 Å². The van der Waals surface area contributed by atoms with E-state index in [0.29, 0.717) is 17.4 Å². The van der Waals surface area contributed by atoms with E-state index in [1.54, 1.807) is 10.9 Å². The van der Waals surface area contributed by atoms with Gasteiger partial charge in [0.2, 0.25) is 0 Å². The van der Waals surface area contributed by atoms with Gasteiger partial charge in [-0.3, -0.25) is 4.79 Å². The van der Waals surface area contributed by atoms with Crippen LogP contribution in [0.1, 0.15) is 53.7 Å². The Kier molecular flexibility index (Phi) is 5.15.